The molecule has 1 saturated heterocycles. The zero-order valence-electron chi connectivity index (χ0n) is 14.1. The van der Waals surface area contributed by atoms with Gasteiger partial charge < -0.3 is 16.0 Å². The van der Waals surface area contributed by atoms with E-state index < -0.39 is 28.0 Å². The molecule has 1 aromatic rings. The molecule has 2 rings (SSSR count). The number of anilines is 1. The van der Waals surface area contributed by atoms with Gasteiger partial charge in [-0.05, 0) is 30.5 Å². The molecule has 138 valence electrons. The van der Waals surface area contributed by atoms with Crippen LogP contribution in [0.3, 0.4) is 0 Å². The van der Waals surface area contributed by atoms with Gasteiger partial charge in [0.15, 0.2) is 9.84 Å². The minimum absolute atomic E-state index is 0.0585. The van der Waals surface area contributed by atoms with Crippen LogP contribution in [0.1, 0.15) is 20.3 Å². The summed E-state index contributed by atoms with van der Waals surface area (Å²) in [6.45, 7) is 3.65. The van der Waals surface area contributed by atoms with Gasteiger partial charge in [0.2, 0.25) is 5.91 Å². The smallest absolute Gasteiger partial charge is 0.315 e. The predicted octanol–water partition coefficient (Wildman–Crippen LogP) is 1.90. The second kappa shape index (κ2) is 8.18. The summed E-state index contributed by atoms with van der Waals surface area (Å²) in [5, 5.41) is 8.04. The molecule has 0 spiro atoms. The largest absolute Gasteiger partial charge is 0.334 e. The number of hydrogen-bond donors (Lipinski definition) is 3. The fraction of sp³-hybridized carbons (Fsp3) is 0.500. The summed E-state index contributed by atoms with van der Waals surface area (Å²) in [5.41, 5.74) is 0.620. The zero-order valence-corrected chi connectivity index (χ0v) is 16.5. The van der Waals surface area contributed by atoms with Crippen molar-refractivity contribution in [1.82, 2.24) is 10.6 Å². The molecule has 1 aliphatic heterocycles. The van der Waals surface area contributed by atoms with E-state index in [0.29, 0.717) is 12.1 Å². The van der Waals surface area contributed by atoms with Crippen molar-refractivity contribution in [1.29, 1.82) is 0 Å². The van der Waals surface area contributed by atoms with Gasteiger partial charge in [-0.3, -0.25) is 4.79 Å². The van der Waals surface area contributed by atoms with Gasteiger partial charge in [-0.2, -0.15) is 0 Å². The van der Waals surface area contributed by atoms with Gasteiger partial charge in [0.05, 0.1) is 11.5 Å². The Bertz CT molecular complexity index is 752. The SMILES string of the molecule is CC(C)C(NC(=O)NC1CCS(=O)(=O)C1)C(=O)Nc1cccc(Br)c1. The van der Waals surface area contributed by atoms with E-state index in [1.807, 2.05) is 19.9 Å². The molecule has 1 aliphatic rings. The maximum Gasteiger partial charge on any atom is 0.315 e. The predicted molar refractivity (Wildman–Crippen MR) is 100 cm³/mol. The molecule has 1 fully saturated rings. The normalized spacial score (nSPS) is 20.1. The summed E-state index contributed by atoms with van der Waals surface area (Å²) in [6, 6.07) is 5.47. The van der Waals surface area contributed by atoms with Gasteiger partial charge in [0, 0.05) is 16.2 Å². The summed E-state index contributed by atoms with van der Waals surface area (Å²) < 4.78 is 23.7. The summed E-state index contributed by atoms with van der Waals surface area (Å²) in [7, 11) is -3.07. The van der Waals surface area contributed by atoms with E-state index in [2.05, 4.69) is 31.9 Å². The van der Waals surface area contributed by atoms with Crippen LogP contribution in [0.25, 0.3) is 0 Å². The first kappa shape index (κ1) is 19.7. The lowest BCUT2D eigenvalue weighted by atomic mass is 10.0. The molecular formula is C16H22BrN3O4S. The fourth-order valence-electron chi connectivity index (χ4n) is 2.60. The number of hydrogen-bond acceptors (Lipinski definition) is 4. The third-order valence-electron chi connectivity index (χ3n) is 3.90. The lowest BCUT2D eigenvalue weighted by Gasteiger charge is -2.23. The molecule has 0 radical (unpaired) electrons. The van der Waals surface area contributed by atoms with Crippen molar-refractivity contribution in [2.45, 2.75) is 32.4 Å². The zero-order chi connectivity index (χ0) is 18.6. The van der Waals surface area contributed by atoms with E-state index in [1.165, 1.54) is 0 Å². The van der Waals surface area contributed by atoms with Crippen LogP contribution in [0, 0.1) is 5.92 Å². The highest BCUT2D eigenvalue weighted by Gasteiger charge is 2.30. The van der Waals surface area contributed by atoms with E-state index in [0.717, 1.165) is 4.47 Å². The first-order chi connectivity index (χ1) is 11.7. The van der Waals surface area contributed by atoms with Crippen LogP contribution in [0.2, 0.25) is 0 Å². The Labute approximate surface area is 156 Å². The standard InChI is InChI=1S/C16H22BrN3O4S/c1-10(2)14(15(21)18-12-5-3-4-11(17)8-12)20-16(22)19-13-6-7-25(23,24)9-13/h3-5,8,10,13-14H,6-7,9H2,1-2H3,(H,18,21)(H2,19,20,22). The van der Waals surface area contributed by atoms with E-state index in [-0.39, 0.29) is 23.3 Å². The lowest BCUT2D eigenvalue weighted by molar-refractivity contribution is -0.118. The molecule has 3 amide bonds. The third-order valence-corrected chi connectivity index (χ3v) is 6.16. The molecule has 25 heavy (non-hydrogen) atoms. The van der Waals surface area contributed by atoms with Crippen LogP contribution in [0.15, 0.2) is 28.7 Å². The van der Waals surface area contributed by atoms with Crippen LogP contribution < -0.4 is 16.0 Å². The Balaban J connectivity index is 1.95. The summed E-state index contributed by atoms with van der Waals surface area (Å²) >= 11 is 3.34. The number of urea groups is 1. The number of carbonyl (C=O) groups excluding carboxylic acids is 2. The van der Waals surface area contributed by atoms with Gasteiger partial charge in [-0.25, -0.2) is 13.2 Å². The number of benzene rings is 1. The first-order valence-electron chi connectivity index (χ1n) is 8.00. The molecule has 2 atom stereocenters. The lowest BCUT2D eigenvalue weighted by Crippen LogP contribution is -2.52. The number of amides is 3. The van der Waals surface area contributed by atoms with E-state index >= 15 is 0 Å². The maximum absolute atomic E-state index is 12.5. The average Bonchev–Trinajstić information content (AvgIpc) is 2.83. The molecule has 0 aliphatic carbocycles. The monoisotopic (exact) mass is 431 g/mol. The van der Waals surface area contributed by atoms with Crippen molar-refractivity contribution in [2.24, 2.45) is 5.92 Å². The number of rotatable bonds is 5. The molecule has 1 heterocycles. The number of carbonyl (C=O) groups is 2. The minimum Gasteiger partial charge on any atom is -0.334 e. The molecule has 7 nitrogen and oxygen atoms in total. The topological polar surface area (TPSA) is 104 Å². The summed E-state index contributed by atoms with van der Waals surface area (Å²) in [4.78, 5) is 24.6. The highest BCUT2D eigenvalue weighted by Crippen LogP contribution is 2.17. The van der Waals surface area contributed by atoms with Crippen LogP contribution >= 0.6 is 15.9 Å². The summed E-state index contributed by atoms with van der Waals surface area (Å²) in [5.74, 6) is -0.445. The fourth-order valence-corrected chi connectivity index (χ4v) is 4.67. The Morgan fingerprint density at radius 2 is 2.00 bits per heavy atom. The summed E-state index contributed by atoms with van der Waals surface area (Å²) in [6.07, 6.45) is 0.395. The highest BCUT2D eigenvalue weighted by molar-refractivity contribution is 9.10. The molecule has 9 heteroatoms. The van der Waals surface area contributed by atoms with Gasteiger partial charge in [0.25, 0.3) is 0 Å². The molecule has 0 saturated carbocycles. The Morgan fingerprint density at radius 1 is 1.28 bits per heavy atom. The number of halogens is 1. The van der Waals surface area contributed by atoms with Crippen LogP contribution in [0.5, 0.6) is 0 Å². The van der Waals surface area contributed by atoms with Crippen molar-refractivity contribution >= 4 is 43.4 Å². The Hall–Kier alpha value is -1.61. The van der Waals surface area contributed by atoms with Crippen molar-refractivity contribution in [2.75, 3.05) is 16.8 Å². The van der Waals surface area contributed by atoms with Crippen LogP contribution in [0.4, 0.5) is 10.5 Å². The van der Waals surface area contributed by atoms with E-state index in [9.17, 15) is 18.0 Å². The van der Waals surface area contributed by atoms with Gasteiger partial charge in [0.1, 0.15) is 6.04 Å². The molecule has 0 aromatic heterocycles. The molecule has 2 unspecified atom stereocenters. The molecule has 3 N–H and O–H groups in total. The van der Waals surface area contributed by atoms with Crippen molar-refractivity contribution in [3.63, 3.8) is 0 Å². The van der Waals surface area contributed by atoms with Crippen molar-refractivity contribution in [3.05, 3.63) is 28.7 Å². The molecule has 0 bridgehead atoms. The second-order valence-corrected chi connectivity index (χ2v) is 9.58. The van der Waals surface area contributed by atoms with Gasteiger partial charge >= 0.3 is 6.03 Å². The van der Waals surface area contributed by atoms with Crippen molar-refractivity contribution < 1.29 is 18.0 Å². The maximum atomic E-state index is 12.5. The third kappa shape index (κ3) is 6.00. The highest BCUT2D eigenvalue weighted by atomic mass is 79.9. The minimum atomic E-state index is -3.07. The van der Waals surface area contributed by atoms with E-state index in [1.54, 1.807) is 18.2 Å². The second-order valence-electron chi connectivity index (χ2n) is 6.44. The quantitative estimate of drug-likeness (QED) is 0.661. The Morgan fingerprint density at radius 3 is 2.56 bits per heavy atom. The average molecular weight is 432 g/mol. The number of nitrogens with one attached hydrogen (secondary N) is 3. The van der Waals surface area contributed by atoms with Gasteiger partial charge in [-0.1, -0.05) is 35.8 Å². The first-order valence-corrected chi connectivity index (χ1v) is 10.6. The van der Waals surface area contributed by atoms with Crippen LogP contribution in [-0.2, 0) is 14.6 Å². The van der Waals surface area contributed by atoms with Crippen LogP contribution in [-0.4, -0.2) is 43.9 Å². The Kier molecular flexibility index (Phi) is 6.45. The van der Waals surface area contributed by atoms with E-state index in [4.69, 9.17) is 0 Å². The van der Waals surface area contributed by atoms with Crippen molar-refractivity contribution in [3.8, 4) is 0 Å². The van der Waals surface area contributed by atoms with Gasteiger partial charge in [-0.15, -0.1) is 0 Å². The molecule has 1 aromatic carbocycles. The number of sulfone groups is 1. The molecular weight excluding hydrogens is 410 g/mol.